The molecule has 36 heavy (non-hydrogen) atoms. The second-order valence-corrected chi connectivity index (χ2v) is 9.44. The number of benzene rings is 1. The predicted molar refractivity (Wildman–Crippen MR) is 119 cm³/mol. The number of rotatable bonds is 7. The number of aromatic nitrogens is 4. The molecule has 5 rings (SSSR count). The van der Waals surface area contributed by atoms with Crippen molar-refractivity contribution in [2.45, 2.75) is 31.1 Å². The van der Waals surface area contributed by atoms with Gasteiger partial charge < -0.3 is 25.1 Å². The molecule has 17 heteroatoms. The molecule has 3 N–H and O–H groups in total. The van der Waals surface area contributed by atoms with Gasteiger partial charge in [0.1, 0.15) is 30.2 Å². The molecule has 2 unspecified atom stereocenters. The molecule has 0 saturated carbocycles. The van der Waals surface area contributed by atoms with E-state index in [2.05, 4.69) is 15.0 Å². The summed E-state index contributed by atoms with van der Waals surface area (Å²) in [4.78, 5) is 23.0. The Bertz CT molecular complexity index is 1370. The molecule has 0 amide bonds. The number of hydrogen-bond acceptors (Lipinski definition) is 14. The van der Waals surface area contributed by atoms with Crippen LogP contribution in [0, 0.1) is 10.1 Å². The molecule has 1 aromatic carbocycles. The Hall–Kier alpha value is -3.40. The number of hydrogen-bond donors (Lipinski definition) is 2. The fraction of sp³-hybridized carbons (Fsp3) is 0.421. The van der Waals surface area contributed by atoms with Gasteiger partial charge in [-0.05, 0) is 6.07 Å². The van der Waals surface area contributed by atoms with Gasteiger partial charge in [0.25, 0.3) is 5.69 Å². The first-order valence-electron chi connectivity index (χ1n) is 10.5. The second kappa shape index (κ2) is 9.24. The number of imidazole rings is 1. The lowest BCUT2D eigenvalue weighted by atomic mass is 10.1. The molecule has 0 spiro atoms. The highest BCUT2D eigenvalue weighted by molar-refractivity contribution is 7.48. The van der Waals surface area contributed by atoms with E-state index < -0.39 is 43.9 Å². The normalized spacial score (nSPS) is 27.6. The van der Waals surface area contributed by atoms with Crippen LogP contribution >= 0.6 is 7.82 Å². The fourth-order valence-corrected chi connectivity index (χ4v) is 5.41. The van der Waals surface area contributed by atoms with E-state index in [-0.39, 0.29) is 35.2 Å². The van der Waals surface area contributed by atoms with E-state index in [0.29, 0.717) is 11.2 Å². The third-order valence-corrected chi connectivity index (χ3v) is 7.19. The lowest BCUT2D eigenvalue weighted by molar-refractivity contribution is -0.385. The van der Waals surface area contributed by atoms with Crippen molar-refractivity contribution in [3.63, 3.8) is 0 Å². The number of methoxy groups -OCH3 is 2. The number of phosphoric ester groups is 1. The number of fused-ring (bicyclic) bond motifs is 2. The van der Waals surface area contributed by atoms with Crippen LogP contribution in [0.1, 0.15) is 11.8 Å². The van der Waals surface area contributed by atoms with Gasteiger partial charge in [0.2, 0.25) is 0 Å². The van der Waals surface area contributed by atoms with Gasteiger partial charge in [0.05, 0.1) is 50.3 Å². The summed E-state index contributed by atoms with van der Waals surface area (Å²) >= 11 is 0. The van der Waals surface area contributed by atoms with E-state index in [1.807, 2.05) is 0 Å². The van der Waals surface area contributed by atoms with Gasteiger partial charge in [-0.25, -0.2) is 19.5 Å². The minimum Gasteiger partial charge on any atom is -0.493 e. The van der Waals surface area contributed by atoms with Gasteiger partial charge in [0, 0.05) is 0 Å². The van der Waals surface area contributed by atoms with Crippen molar-refractivity contribution < 1.29 is 42.4 Å². The van der Waals surface area contributed by atoms with E-state index in [1.165, 1.54) is 37.5 Å². The number of nitro benzene ring substituents is 1. The van der Waals surface area contributed by atoms with Gasteiger partial charge in [-0.3, -0.25) is 28.3 Å². The number of anilines is 1. The van der Waals surface area contributed by atoms with Gasteiger partial charge in [-0.1, -0.05) is 0 Å². The van der Waals surface area contributed by atoms with Crippen molar-refractivity contribution in [1.82, 2.24) is 19.5 Å². The first-order chi connectivity index (χ1) is 17.2. The molecule has 0 bridgehead atoms. The predicted octanol–water partition coefficient (Wildman–Crippen LogP) is 1.33. The molecule has 2 aliphatic heterocycles. The van der Waals surface area contributed by atoms with E-state index in [1.54, 1.807) is 0 Å². The maximum Gasteiger partial charge on any atom is 0.475 e. The molecule has 2 fully saturated rings. The third kappa shape index (κ3) is 4.13. The molecule has 4 heterocycles. The standard InChI is InChI=1S/C19H21N6O10P/c1-30-11-3-9(10(25(27)28)4-12(11)31-2)5-32-36(29)33-6-13-16(35-36)15(26)19(34-13)24-8-23-14-17(20)21-7-22-18(14)24/h3-4,7-8,13,15-16,19,26H,5-6H2,1-2H3,(H2,20,21,22)/t13-,15-,16?,19-,36?/m1/s1. The Kier molecular flexibility index (Phi) is 6.23. The van der Waals surface area contributed by atoms with Crippen molar-refractivity contribution in [2.24, 2.45) is 0 Å². The van der Waals surface area contributed by atoms with E-state index >= 15 is 0 Å². The van der Waals surface area contributed by atoms with Crippen molar-refractivity contribution in [3.8, 4) is 11.5 Å². The van der Waals surface area contributed by atoms with E-state index in [9.17, 15) is 19.8 Å². The molecule has 0 aliphatic carbocycles. The smallest absolute Gasteiger partial charge is 0.475 e. The second-order valence-electron chi connectivity index (χ2n) is 7.82. The van der Waals surface area contributed by atoms with Crippen LogP contribution in [0.25, 0.3) is 11.2 Å². The largest absolute Gasteiger partial charge is 0.493 e. The Morgan fingerprint density at radius 1 is 1.28 bits per heavy atom. The SMILES string of the molecule is COc1cc(COP2(=O)OC[C@H]3O[C@@H](n4cnc5c(N)ncnc54)[C@H](O)C3O2)c([N+](=O)[O-])cc1OC. The summed E-state index contributed by atoms with van der Waals surface area (Å²) in [6.45, 7) is -0.735. The van der Waals surface area contributed by atoms with Crippen LogP contribution in [-0.2, 0) is 29.5 Å². The zero-order valence-electron chi connectivity index (χ0n) is 18.9. The van der Waals surface area contributed by atoms with Crippen LogP contribution in [0.2, 0.25) is 0 Å². The Morgan fingerprint density at radius 2 is 2.03 bits per heavy atom. The Morgan fingerprint density at radius 3 is 2.75 bits per heavy atom. The molecular weight excluding hydrogens is 503 g/mol. The maximum atomic E-state index is 13.2. The molecule has 2 aliphatic rings. The summed E-state index contributed by atoms with van der Waals surface area (Å²) in [7, 11) is -1.54. The minimum absolute atomic E-state index is 0.0467. The number of nitrogen functional groups attached to an aromatic ring is 1. The van der Waals surface area contributed by atoms with E-state index in [0.717, 1.165) is 6.07 Å². The molecule has 5 atom stereocenters. The summed E-state index contributed by atoms with van der Waals surface area (Å²) in [6.07, 6.45) is -1.55. The van der Waals surface area contributed by atoms with Crippen LogP contribution < -0.4 is 15.2 Å². The first kappa shape index (κ1) is 24.3. The fourth-order valence-electron chi connectivity index (χ4n) is 4.03. The summed E-state index contributed by atoms with van der Waals surface area (Å²) < 4.78 is 47.0. The number of aliphatic hydroxyl groups is 1. The van der Waals surface area contributed by atoms with Crippen molar-refractivity contribution in [1.29, 1.82) is 0 Å². The average molecular weight is 524 g/mol. The van der Waals surface area contributed by atoms with Crippen molar-refractivity contribution >= 4 is 30.5 Å². The van der Waals surface area contributed by atoms with Crippen LogP contribution in [-0.4, -0.2) is 68.7 Å². The Labute approximate surface area is 202 Å². The molecule has 0 radical (unpaired) electrons. The third-order valence-electron chi connectivity index (χ3n) is 5.78. The summed E-state index contributed by atoms with van der Waals surface area (Å²) in [6, 6.07) is 2.49. The summed E-state index contributed by atoms with van der Waals surface area (Å²) in [5.41, 5.74) is 6.17. The van der Waals surface area contributed by atoms with Crippen LogP contribution in [0.4, 0.5) is 11.5 Å². The van der Waals surface area contributed by atoms with Crippen LogP contribution in [0.5, 0.6) is 11.5 Å². The molecule has 2 aromatic heterocycles. The topological polar surface area (TPSA) is 205 Å². The number of nitro groups is 1. The monoisotopic (exact) mass is 524 g/mol. The Balaban J connectivity index is 1.34. The molecule has 192 valence electrons. The lowest BCUT2D eigenvalue weighted by Gasteiger charge is -2.30. The molecular formula is C19H21N6O10P. The number of nitrogens with zero attached hydrogens (tertiary/aromatic N) is 5. The highest BCUT2D eigenvalue weighted by Crippen LogP contribution is 2.57. The van der Waals surface area contributed by atoms with Gasteiger partial charge >= 0.3 is 7.82 Å². The highest BCUT2D eigenvalue weighted by atomic mass is 31.2. The summed E-state index contributed by atoms with van der Waals surface area (Å²) in [5.74, 6) is 0.513. The highest BCUT2D eigenvalue weighted by Gasteiger charge is 2.53. The first-order valence-corrected chi connectivity index (χ1v) is 11.9. The number of aliphatic hydroxyl groups excluding tert-OH is 1. The maximum absolute atomic E-state index is 13.2. The molecule has 3 aromatic rings. The van der Waals surface area contributed by atoms with Crippen molar-refractivity contribution in [2.75, 3.05) is 26.6 Å². The number of ether oxygens (including phenoxy) is 3. The van der Waals surface area contributed by atoms with Gasteiger partial charge in [0.15, 0.2) is 29.2 Å². The molecule has 2 saturated heterocycles. The number of phosphoric acid groups is 1. The lowest BCUT2D eigenvalue weighted by Crippen LogP contribution is -2.39. The zero-order chi connectivity index (χ0) is 25.6. The van der Waals surface area contributed by atoms with Crippen LogP contribution in [0.3, 0.4) is 0 Å². The zero-order valence-corrected chi connectivity index (χ0v) is 19.8. The summed E-state index contributed by atoms with van der Waals surface area (Å²) in [5, 5.41) is 22.4. The average Bonchev–Trinajstić information content (AvgIpc) is 3.43. The van der Waals surface area contributed by atoms with E-state index in [4.69, 9.17) is 33.5 Å². The minimum atomic E-state index is -4.24. The number of nitrogens with two attached hydrogens (primary N) is 1. The molecule has 16 nitrogen and oxygen atoms in total. The van der Waals surface area contributed by atoms with Gasteiger partial charge in [-0.15, -0.1) is 0 Å². The van der Waals surface area contributed by atoms with Gasteiger partial charge in [-0.2, -0.15) is 0 Å². The quantitative estimate of drug-likeness (QED) is 0.254. The van der Waals surface area contributed by atoms with Crippen molar-refractivity contribution in [3.05, 3.63) is 40.5 Å². The van der Waals surface area contributed by atoms with Crippen LogP contribution in [0.15, 0.2) is 24.8 Å².